The number of ether oxygens (including phenoxy) is 2. The van der Waals surface area contributed by atoms with E-state index in [-0.39, 0.29) is 17.9 Å². The van der Waals surface area contributed by atoms with E-state index in [1.807, 2.05) is 30.3 Å². The number of pyridine rings is 1. The Balaban J connectivity index is 1.78. The van der Waals surface area contributed by atoms with Gasteiger partial charge < -0.3 is 19.7 Å². The van der Waals surface area contributed by atoms with Gasteiger partial charge >= 0.3 is 0 Å². The predicted molar refractivity (Wildman–Crippen MR) is 104 cm³/mol. The van der Waals surface area contributed by atoms with E-state index in [9.17, 15) is 9.59 Å². The standard InChI is InChI=1S/C21H25N3O4/c1-15-18(9-6-10-22-15)21(26)24-14-17(28-16-7-4-3-5-8-16)13-19(24)20(25)23-11-12-27-2/h3-10,17,19H,11-14H2,1-2H3,(H,23,25)/t17-,19-/m0/s1. The zero-order valence-corrected chi connectivity index (χ0v) is 16.1. The van der Waals surface area contributed by atoms with Gasteiger partial charge in [-0.1, -0.05) is 18.2 Å². The van der Waals surface area contributed by atoms with Gasteiger partial charge in [0.05, 0.1) is 18.7 Å². The summed E-state index contributed by atoms with van der Waals surface area (Å²) < 4.78 is 11.0. The molecule has 1 aromatic carbocycles. The maximum Gasteiger partial charge on any atom is 0.256 e. The molecule has 2 aromatic rings. The van der Waals surface area contributed by atoms with Gasteiger partial charge in [-0.15, -0.1) is 0 Å². The van der Waals surface area contributed by atoms with E-state index in [1.165, 1.54) is 0 Å². The summed E-state index contributed by atoms with van der Waals surface area (Å²) in [6.45, 7) is 2.93. The number of rotatable bonds is 7. The Kier molecular flexibility index (Phi) is 6.60. The number of hydrogen-bond acceptors (Lipinski definition) is 5. The van der Waals surface area contributed by atoms with E-state index >= 15 is 0 Å². The number of amides is 2. The van der Waals surface area contributed by atoms with Gasteiger partial charge in [-0.3, -0.25) is 14.6 Å². The van der Waals surface area contributed by atoms with Gasteiger partial charge in [0.15, 0.2) is 0 Å². The molecule has 1 fully saturated rings. The van der Waals surface area contributed by atoms with Crippen LogP contribution in [-0.4, -0.2) is 60.7 Å². The molecule has 0 bridgehead atoms. The Morgan fingerprint density at radius 3 is 2.71 bits per heavy atom. The number of carbonyl (C=O) groups excluding carboxylic acids is 2. The fraction of sp³-hybridized carbons (Fsp3) is 0.381. The fourth-order valence-electron chi connectivity index (χ4n) is 3.31. The molecule has 0 aliphatic carbocycles. The van der Waals surface area contributed by atoms with Crippen molar-refractivity contribution in [3.63, 3.8) is 0 Å². The van der Waals surface area contributed by atoms with E-state index in [1.54, 1.807) is 37.3 Å². The quantitative estimate of drug-likeness (QED) is 0.738. The van der Waals surface area contributed by atoms with Gasteiger partial charge in [0.1, 0.15) is 17.9 Å². The fourth-order valence-corrected chi connectivity index (χ4v) is 3.31. The van der Waals surface area contributed by atoms with Crippen LogP contribution in [0.25, 0.3) is 0 Å². The lowest BCUT2D eigenvalue weighted by molar-refractivity contribution is -0.125. The summed E-state index contributed by atoms with van der Waals surface area (Å²) >= 11 is 0. The minimum Gasteiger partial charge on any atom is -0.488 e. The first-order valence-electron chi connectivity index (χ1n) is 9.31. The zero-order chi connectivity index (χ0) is 19.9. The molecule has 3 rings (SSSR count). The second-order valence-corrected chi connectivity index (χ2v) is 6.68. The van der Waals surface area contributed by atoms with Crippen LogP contribution in [-0.2, 0) is 9.53 Å². The van der Waals surface area contributed by atoms with Crippen molar-refractivity contribution in [2.75, 3.05) is 26.8 Å². The summed E-state index contributed by atoms with van der Waals surface area (Å²) in [7, 11) is 1.58. The molecule has 148 valence electrons. The maximum atomic E-state index is 13.1. The highest BCUT2D eigenvalue weighted by molar-refractivity contribution is 5.98. The molecule has 2 atom stereocenters. The molecule has 1 N–H and O–H groups in total. The molecule has 2 heterocycles. The third kappa shape index (κ3) is 4.67. The van der Waals surface area contributed by atoms with Crippen LogP contribution in [0.1, 0.15) is 22.5 Å². The number of carbonyl (C=O) groups is 2. The number of hydrogen-bond donors (Lipinski definition) is 1. The maximum absolute atomic E-state index is 13.1. The van der Waals surface area contributed by atoms with Crippen LogP contribution in [0.5, 0.6) is 5.75 Å². The smallest absolute Gasteiger partial charge is 0.256 e. The Labute approximate surface area is 164 Å². The van der Waals surface area contributed by atoms with E-state index in [2.05, 4.69) is 10.3 Å². The summed E-state index contributed by atoms with van der Waals surface area (Å²) in [6.07, 6.45) is 1.81. The number of para-hydroxylation sites is 1. The molecule has 28 heavy (non-hydrogen) atoms. The van der Waals surface area contributed by atoms with Gasteiger partial charge in [-0.25, -0.2) is 0 Å². The first-order valence-corrected chi connectivity index (χ1v) is 9.31. The highest BCUT2D eigenvalue weighted by Gasteiger charge is 2.41. The second-order valence-electron chi connectivity index (χ2n) is 6.68. The number of methoxy groups -OCH3 is 1. The molecule has 7 heteroatoms. The van der Waals surface area contributed by atoms with Gasteiger partial charge in [0.25, 0.3) is 5.91 Å². The van der Waals surface area contributed by atoms with Crippen molar-refractivity contribution in [1.82, 2.24) is 15.2 Å². The second kappa shape index (κ2) is 9.32. The molecule has 1 aromatic heterocycles. The average molecular weight is 383 g/mol. The van der Waals surface area contributed by atoms with Crippen LogP contribution in [0.15, 0.2) is 48.7 Å². The largest absolute Gasteiger partial charge is 0.488 e. The van der Waals surface area contributed by atoms with Crippen molar-refractivity contribution in [3.8, 4) is 5.75 Å². The van der Waals surface area contributed by atoms with Crippen molar-refractivity contribution < 1.29 is 19.1 Å². The van der Waals surface area contributed by atoms with Gasteiger partial charge in [0.2, 0.25) is 5.91 Å². The van der Waals surface area contributed by atoms with Crippen LogP contribution >= 0.6 is 0 Å². The lowest BCUT2D eigenvalue weighted by Gasteiger charge is -2.24. The Bertz CT molecular complexity index is 812. The molecule has 1 aliphatic heterocycles. The van der Waals surface area contributed by atoms with E-state index in [0.29, 0.717) is 37.4 Å². The number of aryl methyl sites for hydroxylation is 1. The average Bonchev–Trinajstić information content (AvgIpc) is 3.12. The lowest BCUT2D eigenvalue weighted by atomic mass is 10.1. The van der Waals surface area contributed by atoms with Gasteiger partial charge in [-0.2, -0.15) is 0 Å². The molecule has 0 saturated carbocycles. The van der Waals surface area contributed by atoms with Crippen molar-refractivity contribution in [2.45, 2.75) is 25.5 Å². The van der Waals surface area contributed by atoms with Crippen molar-refractivity contribution in [2.24, 2.45) is 0 Å². The van der Waals surface area contributed by atoms with Gasteiger partial charge in [-0.05, 0) is 31.2 Å². The topological polar surface area (TPSA) is 80.8 Å². The summed E-state index contributed by atoms with van der Waals surface area (Å²) in [5.74, 6) is 0.306. The molecule has 2 amide bonds. The third-order valence-electron chi connectivity index (χ3n) is 4.71. The van der Waals surface area contributed by atoms with Crippen molar-refractivity contribution in [3.05, 3.63) is 59.9 Å². The lowest BCUT2D eigenvalue weighted by Crippen LogP contribution is -2.46. The van der Waals surface area contributed by atoms with Crippen molar-refractivity contribution >= 4 is 11.8 Å². The molecule has 0 unspecified atom stereocenters. The highest BCUT2D eigenvalue weighted by atomic mass is 16.5. The van der Waals surface area contributed by atoms with Crippen molar-refractivity contribution in [1.29, 1.82) is 0 Å². The summed E-state index contributed by atoms with van der Waals surface area (Å²) in [4.78, 5) is 31.6. The Hall–Kier alpha value is -2.93. The number of nitrogens with zero attached hydrogens (tertiary/aromatic N) is 2. The first kappa shape index (κ1) is 19.8. The van der Waals surface area contributed by atoms with E-state index < -0.39 is 6.04 Å². The minimum absolute atomic E-state index is 0.203. The number of nitrogens with one attached hydrogen (secondary N) is 1. The van der Waals surface area contributed by atoms with Crippen LogP contribution in [0.3, 0.4) is 0 Å². The molecule has 0 spiro atoms. The molecule has 0 radical (unpaired) electrons. The number of aromatic nitrogens is 1. The van der Waals surface area contributed by atoms with Crippen LogP contribution in [0.4, 0.5) is 0 Å². The number of benzene rings is 1. The summed E-state index contributed by atoms with van der Waals surface area (Å²) in [5, 5.41) is 2.83. The summed E-state index contributed by atoms with van der Waals surface area (Å²) in [5.41, 5.74) is 1.14. The highest BCUT2D eigenvalue weighted by Crippen LogP contribution is 2.25. The Morgan fingerprint density at radius 2 is 2.00 bits per heavy atom. The van der Waals surface area contributed by atoms with Crippen LogP contribution < -0.4 is 10.1 Å². The van der Waals surface area contributed by atoms with Gasteiger partial charge in [0, 0.05) is 32.0 Å². The van der Waals surface area contributed by atoms with Crippen LogP contribution in [0.2, 0.25) is 0 Å². The van der Waals surface area contributed by atoms with E-state index in [0.717, 1.165) is 5.75 Å². The van der Waals surface area contributed by atoms with E-state index in [4.69, 9.17) is 9.47 Å². The molecular formula is C21H25N3O4. The monoisotopic (exact) mass is 383 g/mol. The first-order chi connectivity index (χ1) is 13.6. The minimum atomic E-state index is -0.599. The number of likely N-dealkylation sites (tertiary alicyclic amines) is 1. The normalized spacial score (nSPS) is 18.7. The zero-order valence-electron chi connectivity index (χ0n) is 16.1. The Morgan fingerprint density at radius 1 is 1.21 bits per heavy atom. The molecule has 7 nitrogen and oxygen atoms in total. The SMILES string of the molecule is COCCNC(=O)[C@@H]1C[C@H](Oc2ccccc2)CN1C(=O)c1cccnc1C. The molecular weight excluding hydrogens is 358 g/mol. The van der Waals surface area contributed by atoms with Crippen LogP contribution in [0, 0.1) is 6.92 Å². The third-order valence-corrected chi connectivity index (χ3v) is 4.71. The summed E-state index contributed by atoms with van der Waals surface area (Å²) in [6, 6.07) is 12.3. The predicted octanol–water partition coefficient (Wildman–Crippen LogP) is 1.81. The molecule has 1 saturated heterocycles. The molecule has 1 aliphatic rings.